The van der Waals surface area contributed by atoms with E-state index < -0.39 is 0 Å². The topological polar surface area (TPSA) is 44.3 Å². The summed E-state index contributed by atoms with van der Waals surface area (Å²) in [6.07, 6.45) is 3.57. The van der Waals surface area contributed by atoms with Crippen LogP contribution < -0.4 is 10.6 Å². The van der Waals surface area contributed by atoms with Gasteiger partial charge in [0, 0.05) is 24.4 Å². The lowest BCUT2D eigenvalue weighted by atomic mass is 9.80. The van der Waals surface area contributed by atoms with E-state index in [-0.39, 0.29) is 6.10 Å². The summed E-state index contributed by atoms with van der Waals surface area (Å²) < 4.78 is 0. The molecule has 1 aliphatic carbocycles. The Kier molecular flexibility index (Phi) is 3.17. The number of thioether (sulfide) groups is 1. The molecule has 3 nitrogen and oxygen atoms in total. The van der Waals surface area contributed by atoms with Crippen LogP contribution in [0, 0.1) is 17.8 Å². The van der Waals surface area contributed by atoms with Crippen LogP contribution in [0.4, 0.5) is 0 Å². The Morgan fingerprint density at radius 1 is 1.44 bits per heavy atom. The van der Waals surface area contributed by atoms with Crippen molar-refractivity contribution in [3.8, 4) is 0 Å². The number of hydrogen-bond donors (Lipinski definition) is 3. The van der Waals surface area contributed by atoms with E-state index in [1.165, 1.54) is 19.4 Å². The number of hydrogen-bond acceptors (Lipinski definition) is 4. The highest BCUT2D eigenvalue weighted by atomic mass is 32.2. The standard InChI is InChI=1S/C12H22N2OS/c1-7(15)4-8-2-3-10-11(8)9-5-13-6-14-12(9)16-10/h7-15H,2-6H2,1H3/t7-,8-,9?,10?,11?,12?/m1/s1. The summed E-state index contributed by atoms with van der Waals surface area (Å²) in [4.78, 5) is 0. The maximum atomic E-state index is 9.59. The second-order valence-electron chi connectivity index (χ2n) is 5.59. The predicted molar refractivity (Wildman–Crippen MR) is 67.2 cm³/mol. The smallest absolute Gasteiger partial charge is 0.0588 e. The summed E-state index contributed by atoms with van der Waals surface area (Å²) in [6.45, 7) is 4.07. The molecule has 0 bridgehead atoms. The van der Waals surface area contributed by atoms with E-state index in [4.69, 9.17) is 0 Å². The van der Waals surface area contributed by atoms with Gasteiger partial charge < -0.3 is 10.4 Å². The SMILES string of the molecule is C[C@@H](O)C[C@H]1CCC2SC3NCNCC3C21. The van der Waals surface area contributed by atoms with E-state index >= 15 is 0 Å². The summed E-state index contributed by atoms with van der Waals surface area (Å²) in [7, 11) is 0. The molecule has 3 rings (SSSR count). The summed E-state index contributed by atoms with van der Waals surface area (Å²) >= 11 is 2.16. The monoisotopic (exact) mass is 242 g/mol. The summed E-state index contributed by atoms with van der Waals surface area (Å²) in [5.41, 5.74) is 0. The van der Waals surface area contributed by atoms with Crippen LogP contribution in [0.25, 0.3) is 0 Å². The molecular weight excluding hydrogens is 220 g/mol. The van der Waals surface area contributed by atoms with Gasteiger partial charge in [-0.1, -0.05) is 0 Å². The first kappa shape index (κ1) is 11.3. The second kappa shape index (κ2) is 4.48. The first-order chi connectivity index (χ1) is 7.75. The fraction of sp³-hybridized carbons (Fsp3) is 1.00. The number of nitrogens with one attached hydrogen (secondary N) is 2. The van der Waals surface area contributed by atoms with E-state index in [0.717, 1.165) is 36.1 Å². The Hall–Kier alpha value is 0.230. The summed E-state index contributed by atoms with van der Waals surface area (Å²) in [5, 5.41) is 18.1. The molecule has 0 aromatic rings. The average Bonchev–Trinajstić information content (AvgIpc) is 2.77. The third-order valence-electron chi connectivity index (χ3n) is 4.45. The molecule has 3 aliphatic rings. The van der Waals surface area contributed by atoms with Crippen LogP contribution in [0.2, 0.25) is 0 Å². The molecule has 4 heteroatoms. The van der Waals surface area contributed by atoms with E-state index in [0.29, 0.717) is 5.37 Å². The molecule has 0 aromatic heterocycles. The van der Waals surface area contributed by atoms with Crippen LogP contribution >= 0.6 is 11.8 Å². The van der Waals surface area contributed by atoms with Crippen molar-refractivity contribution < 1.29 is 5.11 Å². The Bertz CT molecular complexity index is 261. The van der Waals surface area contributed by atoms with Gasteiger partial charge in [-0.2, -0.15) is 0 Å². The number of aliphatic hydroxyl groups is 1. The van der Waals surface area contributed by atoms with Crippen LogP contribution in [0.15, 0.2) is 0 Å². The summed E-state index contributed by atoms with van der Waals surface area (Å²) in [5.74, 6) is 2.38. The van der Waals surface area contributed by atoms with Crippen molar-refractivity contribution >= 4 is 11.8 Å². The van der Waals surface area contributed by atoms with Crippen molar-refractivity contribution in [3.05, 3.63) is 0 Å². The zero-order chi connectivity index (χ0) is 11.1. The molecule has 6 atom stereocenters. The van der Waals surface area contributed by atoms with Gasteiger partial charge in [-0.3, -0.25) is 5.32 Å². The third kappa shape index (κ3) is 1.90. The van der Waals surface area contributed by atoms with Gasteiger partial charge in [-0.15, -0.1) is 11.8 Å². The highest BCUT2D eigenvalue weighted by Crippen LogP contribution is 2.54. The fourth-order valence-corrected chi connectivity index (χ4v) is 5.82. The Morgan fingerprint density at radius 2 is 2.31 bits per heavy atom. The maximum Gasteiger partial charge on any atom is 0.0588 e. The van der Waals surface area contributed by atoms with Gasteiger partial charge in [0.1, 0.15) is 0 Å². The van der Waals surface area contributed by atoms with E-state index in [2.05, 4.69) is 22.4 Å². The number of rotatable bonds is 2. The highest BCUT2D eigenvalue weighted by molar-refractivity contribution is 8.00. The summed E-state index contributed by atoms with van der Waals surface area (Å²) in [6, 6.07) is 0. The first-order valence-electron chi connectivity index (χ1n) is 6.53. The second-order valence-corrected chi connectivity index (χ2v) is 6.98. The fourth-order valence-electron chi connectivity index (χ4n) is 3.91. The first-order valence-corrected chi connectivity index (χ1v) is 7.47. The largest absolute Gasteiger partial charge is 0.393 e. The molecule has 4 unspecified atom stereocenters. The average molecular weight is 242 g/mol. The Labute approximate surface area is 102 Å². The molecule has 16 heavy (non-hydrogen) atoms. The lowest BCUT2D eigenvalue weighted by molar-refractivity contribution is 0.129. The third-order valence-corrected chi connectivity index (χ3v) is 6.16. The van der Waals surface area contributed by atoms with Crippen LogP contribution in [-0.2, 0) is 0 Å². The molecule has 1 saturated carbocycles. The van der Waals surface area contributed by atoms with E-state index in [1.54, 1.807) is 0 Å². The van der Waals surface area contributed by atoms with Crippen LogP contribution in [-0.4, -0.2) is 35.0 Å². The molecule has 2 heterocycles. The van der Waals surface area contributed by atoms with Crippen molar-refractivity contribution in [3.63, 3.8) is 0 Å². The minimum Gasteiger partial charge on any atom is -0.393 e. The molecule has 0 aromatic carbocycles. The molecule has 92 valence electrons. The van der Waals surface area contributed by atoms with Gasteiger partial charge in [-0.05, 0) is 38.0 Å². The van der Waals surface area contributed by atoms with E-state index in [1.807, 2.05) is 6.92 Å². The minimum absolute atomic E-state index is 0.127. The lowest BCUT2D eigenvalue weighted by Crippen LogP contribution is -2.50. The maximum absolute atomic E-state index is 9.59. The lowest BCUT2D eigenvalue weighted by Gasteiger charge is -2.33. The van der Waals surface area contributed by atoms with Gasteiger partial charge in [0.25, 0.3) is 0 Å². The quantitative estimate of drug-likeness (QED) is 0.676. The Morgan fingerprint density at radius 3 is 3.12 bits per heavy atom. The van der Waals surface area contributed by atoms with Crippen molar-refractivity contribution in [2.24, 2.45) is 17.8 Å². The van der Waals surface area contributed by atoms with Crippen LogP contribution in [0.5, 0.6) is 0 Å². The van der Waals surface area contributed by atoms with Gasteiger partial charge in [0.05, 0.1) is 11.5 Å². The van der Waals surface area contributed by atoms with Gasteiger partial charge in [0.15, 0.2) is 0 Å². The molecule has 3 N–H and O–H groups in total. The molecule has 2 saturated heterocycles. The van der Waals surface area contributed by atoms with Crippen molar-refractivity contribution in [1.82, 2.24) is 10.6 Å². The van der Waals surface area contributed by atoms with Gasteiger partial charge in [-0.25, -0.2) is 0 Å². The minimum atomic E-state index is -0.127. The number of fused-ring (bicyclic) bond motifs is 3. The van der Waals surface area contributed by atoms with Crippen molar-refractivity contribution in [2.75, 3.05) is 13.2 Å². The van der Waals surface area contributed by atoms with Crippen LogP contribution in [0.1, 0.15) is 26.2 Å². The Balaban J connectivity index is 1.71. The van der Waals surface area contributed by atoms with Gasteiger partial charge >= 0.3 is 0 Å². The molecule has 0 amide bonds. The molecule has 2 aliphatic heterocycles. The van der Waals surface area contributed by atoms with E-state index in [9.17, 15) is 5.11 Å². The molecule has 0 spiro atoms. The highest BCUT2D eigenvalue weighted by Gasteiger charge is 2.51. The molecular formula is C12H22N2OS. The van der Waals surface area contributed by atoms with Crippen LogP contribution in [0.3, 0.4) is 0 Å². The zero-order valence-electron chi connectivity index (χ0n) is 9.86. The zero-order valence-corrected chi connectivity index (χ0v) is 10.7. The molecule has 0 radical (unpaired) electrons. The number of aliphatic hydroxyl groups excluding tert-OH is 1. The van der Waals surface area contributed by atoms with Gasteiger partial charge in [0.2, 0.25) is 0 Å². The van der Waals surface area contributed by atoms with Crippen molar-refractivity contribution in [1.29, 1.82) is 0 Å². The predicted octanol–water partition coefficient (Wildman–Crippen LogP) is 0.991. The van der Waals surface area contributed by atoms with Crippen molar-refractivity contribution in [2.45, 2.75) is 42.9 Å². The molecule has 3 fully saturated rings. The normalized spacial score (nSPS) is 48.8.